The third-order valence-corrected chi connectivity index (χ3v) is 8.65. The van der Waals surface area contributed by atoms with Crippen molar-refractivity contribution in [2.45, 2.75) is 45.0 Å². The maximum absolute atomic E-state index is 10.7. The van der Waals surface area contributed by atoms with Crippen molar-refractivity contribution in [3.63, 3.8) is 0 Å². The molecule has 6 nitrogen and oxygen atoms in total. The summed E-state index contributed by atoms with van der Waals surface area (Å²) in [6, 6.07) is 5.99. The molecule has 0 aliphatic heterocycles. The number of nitro benzene ring substituents is 1. The minimum absolute atomic E-state index is 0.0146. The Bertz CT molecular complexity index is 581. The van der Waals surface area contributed by atoms with Crippen LogP contribution in [0.25, 0.3) is 0 Å². The van der Waals surface area contributed by atoms with Gasteiger partial charge in [0.1, 0.15) is 12.4 Å². The Kier molecular flexibility index (Phi) is 7.13. The molecule has 0 spiro atoms. The Hall–Kier alpha value is -1.70. The van der Waals surface area contributed by atoms with Crippen LogP contribution in [0.1, 0.15) is 20.8 Å². The minimum atomic E-state index is -1.87. The van der Waals surface area contributed by atoms with E-state index in [2.05, 4.69) is 33.9 Å². The molecule has 0 saturated heterocycles. The summed E-state index contributed by atoms with van der Waals surface area (Å²) < 4.78 is 11.3. The summed E-state index contributed by atoms with van der Waals surface area (Å²) in [5.74, 6) is 0.417. The smallest absolute Gasteiger partial charge is 0.273 e. The second-order valence-corrected chi connectivity index (χ2v) is 11.9. The van der Waals surface area contributed by atoms with E-state index in [-0.39, 0.29) is 23.9 Å². The van der Waals surface area contributed by atoms with Crippen LogP contribution < -0.4 is 4.74 Å². The molecule has 134 valence electrons. The lowest BCUT2D eigenvalue weighted by molar-refractivity contribution is -0.384. The van der Waals surface area contributed by atoms with Crippen LogP contribution in [0.5, 0.6) is 5.75 Å². The van der Waals surface area contributed by atoms with Crippen LogP contribution in [-0.4, -0.2) is 37.7 Å². The molecule has 0 aliphatic rings. The number of ether oxygens (including phenoxy) is 1. The lowest BCUT2D eigenvalue weighted by Gasteiger charge is -2.36. The first-order valence-electron chi connectivity index (χ1n) is 7.89. The van der Waals surface area contributed by atoms with Gasteiger partial charge in [0, 0.05) is 6.07 Å². The monoisotopic (exact) mass is 353 g/mol. The van der Waals surface area contributed by atoms with Gasteiger partial charge in [-0.1, -0.05) is 32.9 Å². The van der Waals surface area contributed by atoms with Crippen molar-refractivity contribution in [1.29, 1.82) is 0 Å². The molecule has 1 rings (SSSR count). The van der Waals surface area contributed by atoms with Crippen LogP contribution in [-0.2, 0) is 4.43 Å². The van der Waals surface area contributed by atoms with Gasteiger partial charge in [-0.3, -0.25) is 10.1 Å². The molecule has 0 unspecified atom stereocenters. The third kappa shape index (κ3) is 6.43. The summed E-state index contributed by atoms with van der Waals surface area (Å²) in [5, 5.41) is 20.7. The highest BCUT2D eigenvalue weighted by molar-refractivity contribution is 6.74. The molecular weight excluding hydrogens is 326 g/mol. The molecule has 0 radical (unpaired) electrons. The molecular formula is C17H27NO5Si. The SMILES string of the molecule is CC(C)(C)[Si](C)(C)OC[C@H](O)/C=C/COc1cccc([N+](=O)[O-])c1. The quantitative estimate of drug-likeness (QED) is 0.332. The van der Waals surface area contributed by atoms with Gasteiger partial charge in [-0.15, -0.1) is 0 Å². The van der Waals surface area contributed by atoms with Crippen LogP contribution >= 0.6 is 0 Å². The largest absolute Gasteiger partial charge is 0.489 e. The second kappa shape index (κ2) is 8.41. The Balaban J connectivity index is 2.42. The van der Waals surface area contributed by atoms with Gasteiger partial charge in [0.2, 0.25) is 0 Å². The van der Waals surface area contributed by atoms with Crippen molar-refractivity contribution < 1.29 is 19.2 Å². The van der Waals surface area contributed by atoms with Crippen molar-refractivity contribution in [2.75, 3.05) is 13.2 Å². The topological polar surface area (TPSA) is 81.8 Å². The first-order chi connectivity index (χ1) is 11.0. The van der Waals surface area contributed by atoms with E-state index >= 15 is 0 Å². The third-order valence-electron chi connectivity index (χ3n) is 4.15. The summed E-state index contributed by atoms with van der Waals surface area (Å²) in [7, 11) is -1.87. The summed E-state index contributed by atoms with van der Waals surface area (Å²) in [6.45, 7) is 11.2. The Morgan fingerprint density at radius 2 is 2.04 bits per heavy atom. The molecule has 1 aromatic rings. The van der Waals surface area contributed by atoms with Crippen molar-refractivity contribution in [3.8, 4) is 5.75 Å². The zero-order valence-corrected chi connectivity index (χ0v) is 16.0. The molecule has 1 N–H and O–H groups in total. The lowest BCUT2D eigenvalue weighted by Crippen LogP contribution is -2.42. The molecule has 0 heterocycles. The first-order valence-corrected chi connectivity index (χ1v) is 10.8. The van der Waals surface area contributed by atoms with Crippen LogP contribution in [0.4, 0.5) is 5.69 Å². The number of rotatable bonds is 8. The molecule has 1 aromatic carbocycles. The van der Waals surface area contributed by atoms with Gasteiger partial charge in [0.25, 0.3) is 5.69 Å². The Labute approximate surface area is 144 Å². The van der Waals surface area contributed by atoms with Crippen molar-refractivity contribution in [3.05, 3.63) is 46.5 Å². The maximum atomic E-state index is 10.7. The zero-order valence-electron chi connectivity index (χ0n) is 15.0. The molecule has 0 fully saturated rings. The molecule has 24 heavy (non-hydrogen) atoms. The van der Waals surface area contributed by atoms with Gasteiger partial charge in [-0.05, 0) is 30.3 Å². The average molecular weight is 353 g/mol. The number of nitro groups is 1. The normalized spacial score (nSPS) is 13.9. The number of hydrogen-bond donors (Lipinski definition) is 1. The minimum Gasteiger partial charge on any atom is -0.489 e. The summed E-state index contributed by atoms with van der Waals surface area (Å²) in [5.41, 5.74) is -0.0146. The molecule has 0 aromatic heterocycles. The van der Waals surface area contributed by atoms with Crippen LogP contribution in [0.2, 0.25) is 18.1 Å². The Morgan fingerprint density at radius 1 is 1.38 bits per heavy atom. The molecule has 0 bridgehead atoms. The molecule has 0 saturated carbocycles. The predicted octanol–water partition coefficient (Wildman–Crippen LogP) is 3.91. The average Bonchev–Trinajstić information content (AvgIpc) is 2.49. The van der Waals surface area contributed by atoms with Crippen molar-refractivity contribution >= 4 is 14.0 Å². The van der Waals surface area contributed by atoms with E-state index in [1.807, 2.05) is 0 Å². The first kappa shape index (κ1) is 20.3. The van der Waals surface area contributed by atoms with Crippen molar-refractivity contribution in [2.24, 2.45) is 0 Å². The van der Waals surface area contributed by atoms with Crippen LogP contribution in [0.15, 0.2) is 36.4 Å². The fraction of sp³-hybridized carbons (Fsp3) is 0.529. The highest BCUT2D eigenvalue weighted by Gasteiger charge is 2.37. The van der Waals surface area contributed by atoms with Gasteiger partial charge in [-0.2, -0.15) is 0 Å². The van der Waals surface area contributed by atoms with Gasteiger partial charge >= 0.3 is 0 Å². The van der Waals surface area contributed by atoms with Gasteiger partial charge in [0.05, 0.1) is 23.7 Å². The van der Waals surface area contributed by atoms with E-state index in [1.54, 1.807) is 24.3 Å². The molecule has 0 amide bonds. The van der Waals surface area contributed by atoms with E-state index in [0.29, 0.717) is 5.75 Å². The van der Waals surface area contributed by atoms with Crippen LogP contribution in [0, 0.1) is 10.1 Å². The van der Waals surface area contributed by atoms with E-state index in [9.17, 15) is 15.2 Å². The zero-order chi connectivity index (χ0) is 18.4. The molecule has 1 atom stereocenters. The van der Waals surface area contributed by atoms with E-state index < -0.39 is 19.3 Å². The lowest BCUT2D eigenvalue weighted by atomic mass is 10.2. The number of benzene rings is 1. The van der Waals surface area contributed by atoms with Crippen LogP contribution in [0.3, 0.4) is 0 Å². The fourth-order valence-corrected chi connectivity index (χ4v) is 2.63. The van der Waals surface area contributed by atoms with Crippen molar-refractivity contribution in [1.82, 2.24) is 0 Å². The molecule has 0 aliphatic carbocycles. The summed E-state index contributed by atoms with van der Waals surface area (Å²) >= 11 is 0. The van der Waals surface area contributed by atoms with E-state index in [1.165, 1.54) is 12.1 Å². The highest BCUT2D eigenvalue weighted by atomic mass is 28.4. The van der Waals surface area contributed by atoms with E-state index in [0.717, 1.165) is 0 Å². The van der Waals surface area contributed by atoms with Gasteiger partial charge < -0.3 is 14.3 Å². The summed E-state index contributed by atoms with van der Waals surface area (Å²) in [6.07, 6.45) is 2.59. The second-order valence-electron chi connectivity index (χ2n) is 7.13. The number of aliphatic hydroxyl groups excluding tert-OH is 1. The highest BCUT2D eigenvalue weighted by Crippen LogP contribution is 2.36. The maximum Gasteiger partial charge on any atom is 0.273 e. The van der Waals surface area contributed by atoms with E-state index in [4.69, 9.17) is 9.16 Å². The van der Waals surface area contributed by atoms with Gasteiger partial charge in [-0.25, -0.2) is 0 Å². The standard InChI is InChI=1S/C17H27NO5Si/c1-17(2,3)24(4,5)23-13-15(19)9-7-11-22-16-10-6-8-14(12-16)18(20)21/h6-10,12,15,19H,11,13H2,1-5H3/b9-7+/t15-/m1/s1. The number of aliphatic hydroxyl groups is 1. The fourth-order valence-electron chi connectivity index (χ4n) is 1.61. The van der Waals surface area contributed by atoms with Gasteiger partial charge in [0.15, 0.2) is 8.32 Å². The Morgan fingerprint density at radius 3 is 2.62 bits per heavy atom. The number of hydrogen-bond acceptors (Lipinski definition) is 5. The number of non-ortho nitro benzene ring substituents is 1. The predicted molar refractivity (Wildman–Crippen MR) is 96.9 cm³/mol. The molecule has 7 heteroatoms. The number of nitrogens with zero attached hydrogens (tertiary/aromatic N) is 1. The summed E-state index contributed by atoms with van der Waals surface area (Å²) in [4.78, 5) is 10.2.